The molecule has 0 saturated carbocycles. The molecule has 0 aromatic carbocycles. The van der Waals surface area contributed by atoms with E-state index in [1.165, 1.54) is 12.6 Å². The van der Waals surface area contributed by atoms with Gasteiger partial charge in [0.1, 0.15) is 0 Å². The molecule has 1 fully saturated rings. The van der Waals surface area contributed by atoms with Crippen molar-refractivity contribution in [2.75, 3.05) is 18.0 Å². The van der Waals surface area contributed by atoms with Crippen molar-refractivity contribution in [3.63, 3.8) is 0 Å². The molecule has 0 aliphatic carbocycles. The van der Waals surface area contributed by atoms with E-state index in [0.29, 0.717) is 5.92 Å². The Morgan fingerprint density at radius 3 is 3.18 bits per heavy atom. The minimum Gasteiger partial charge on any atom is -0.476 e. The zero-order valence-electron chi connectivity index (χ0n) is 10.1. The first-order chi connectivity index (χ1) is 8.22. The number of hydrogen-bond acceptors (Lipinski definition) is 3. The number of carboxylic acids is 1. The number of carboxylic acid groups (broad SMARTS) is 1. The number of rotatable bonds is 3. The zero-order valence-corrected chi connectivity index (χ0v) is 10.1. The molecular weight excluding hydrogens is 216 g/mol. The Balaban J connectivity index is 2.24. The average Bonchev–Trinajstić information content (AvgIpc) is 2.39. The van der Waals surface area contributed by atoms with Crippen LogP contribution in [0.25, 0.3) is 0 Å². The highest BCUT2D eigenvalue weighted by Crippen LogP contribution is 2.26. The minimum absolute atomic E-state index is 0.171. The van der Waals surface area contributed by atoms with Crippen molar-refractivity contribution in [1.29, 1.82) is 0 Å². The Morgan fingerprint density at radius 2 is 2.47 bits per heavy atom. The molecule has 0 radical (unpaired) electrons. The van der Waals surface area contributed by atoms with E-state index in [1.807, 2.05) is 6.07 Å². The van der Waals surface area contributed by atoms with Gasteiger partial charge in [-0.25, -0.2) is 9.78 Å². The van der Waals surface area contributed by atoms with Gasteiger partial charge in [-0.05, 0) is 30.9 Å². The van der Waals surface area contributed by atoms with Crippen LogP contribution in [0.15, 0.2) is 18.3 Å². The van der Waals surface area contributed by atoms with E-state index in [1.54, 1.807) is 6.07 Å². The van der Waals surface area contributed by atoms with Crippen LogP contribution in [0.3, 0.4) is 0 Å². The summed E-state index contributed by atoms with van der Waals surface area (Å²) in [5, 5.41) is 9.13. The third-order valence-corrected chi connectivity index (χ3v) is 3.43. The first-order valence-electron chi connectivity index (χ1n) is 6.15. The molecule has 1 aromatic heterocycles. The Kier molecular flexibility index (Phi) is 3.61. The van der Waals surface area contributed by atoms with Gasteiger partial charge < -0.3 is 10.0 Å². The van der Waals surface area contributed by atoms with Crippen molar-refractivity contribution in [3.05, 3.63) is 24.0 Å². The minimum atomic E-state index is -0.945. The number of aromatic nitrogens is 1. The summed E-state index contributed by atoms with van der Waals surface area (Å²) in [6, 6.07) is 3.66. The van der Waals surface area contributed by atoms with Crippen LogP contribution in [-0.2, 0) is 0 Å². The second-order valence-corrected chi connectivity index (χ2v) is 4.54. The largest absolute Gasteiger partial charge is 0.476 e. The van der Waals surface area contributed by atoms with Crippen molar-refractivity contribution >= 4 is 11.7 Å². The van der Waals surface area contributed by atoms with Crippen molar-refractivity contribution < 1.29 is 9.90 Å². The smallest absolute Gasteiger partial charge is 0.356 e. The van der Waals surface area contributed by atoms with Crippen LogP contribution in [0.1, 0.15) is 36.7 Å². The predicted molar refractivity (Wildman–Crippen MR) is 66.4 cm³/mol. The number of pyridine rings is 1. The molecule has 17 heavy (non-hydrogen) atoms. The third-order valence-electron chi connectivity index (χ3n) is 3.43. The maximum atomic E-state index is 11.1. The van der Waals surface area contributed by atoms with E-state index >= 15 is 0 Å². The molecule has 0 amide bonds. The molecule has 1 N–H and O–H groups in total. The Labute approximate surface area is 101 Å². The van der Waals surface area contributed by atoms with Crippen LogP contribution < -0.4 is 4.90 Å². The molecule has 2 rings (SSSR count). The van der Waals surface area contributed by atoms with Crippen LogP contribution >= 0.6 is 0 Å². The first kappa shape index (κ1) is 11.9. The van der Waals surface area contributed by atoms with Crippen molar-refractivity contribution in [2.45, 2.75) is 26.2 Å². The van der Waals surface area contributed by atoms with Gasteiger partial charge in [0.2, 0.25) is 0 Å². The summed E-state index contributed by atoms with van der Waals surface area (Å²) in [5.41, 5.74) is 0.933. The molecule has 1 saturated heterocycles. The normalized spacial score (nSPS) is 20.3. The molecule has 1 aliphatic rings. The van der Waals surface area contributed by atoms with Gasteiger partial charge in [-0.2, -0.15) is 0 Å². The molecule has 1 atom stereocenters. The highest BCUT2D eigenvalue weighted by Gasteiger charge is 2.22. The maximum Gasteiger partial charge on any atom is 0.356 e. The third kappa shape index (κ3) is 2.57. The van der Waals surface area contributed by atoms with Crippen molar-refractivity contribution in [2.24, 2.45) is 5.92 Å². The summed E-state index contributed by atoms with van der Waals surface area (Å²) in [4.78, 5) is 17.3. The van der Waals surface area contributed by atoms with Gasteiger partial charge in [0.25, 0.3) is 0 Å². The van der Waals surface area contributed by atoms with Gasteiger partial charge in [0.05, 0.1) is 5.69 Å². The number of carbonyl (C=O) groups is 1. The molecule has 1 aromatic rings. The van der Waals surface area contributed by atoms with E-state index in [2.05, 4.69) is 16.8 Å². The van der Waals surface area contributed by atoms with Crippen LogP contribution in [-0.4, -0.2) is 29.1 Å². The lowest BCUT2D eigenvalue weighted by atomic mass is 9.95. The topological polar surface area (TPSA) is 53.4 Å². The summed E-state index contributed by atoms with van der Waals surface area (Å²) < 4.78 is 0. The van der Waals surface area contributed by atoms with Crippen molar-refractivity contribution in [3.8, 4) is 0 Å². The number of anilines is 1. The lowest BCUT2D eigenvalue weighted by Gasteiger charge is -2.34. The van der Waals surface area contributed by atoms with E-state index in [4.69, 9.17) is 5.11 Å². The predicted octanol–water partition coefficient (Wildman–Crippen LogP) is 2.41. The highest BCUT2D eigenvalue weighted by atomic mass is 16.4. The Hall–Kier alpha value is -1.58. The van der Waals surface area contributed by atoms with E-state index in [0.717, 1.165) is 31.6 Å². The summed E-state index contributed by atoms with van der Waals surface area (Å²) in [6.45, 7) is 4.07. The van der Waals surface area contributed by atoms with Crippen molar-refractivity contribution in [1.82, 2.24) is 4.98 Å². The fourth-order valence-electron chi connectivity index (χ4n) is 2.43. The quantitative estimate of drug-likeness (QED) is 0.872. The van der Waals surface area contributed by atoms with Crippen LogP contribution in [0.2, 0.25) is 0 Å². The number of hydrogen-bond donors (Lipinski definition) is 1. The molecule has 1 aliphatic heterocycles. The van der Waals surface area contributed by atoms with E-state index in [9.17, 15) is 4.79 Å². The molecular formula is C13H18N2O2. The lowest BCUT2D eigenvalue weighted by molar-refractivity contribution is 0.0691. The fourth-order valence-corrected chi connectivity index (χ4v) is 2.43. The van der Waals surface area contributed by atoms with Gasteiger partial charge >= 0.3 is 5.97 Å². The second kappa shape index (κ2) is 5.17. The number of nitrogens with zero attached hydrogens (tertiary/aromatic N) is 2. The zero-order chi connectivity index (χ0) is 12.3. The van der Waals surface area contributed by atoms with Crippen LogP contribution in [0.4, 0.5) is 5.69 Å². The van der Waals surface area contributed by atoms with E-state index < -0.39 is 5.97 Å². The van der Waals surface area contributed by atoms with Crippen LogP contribution in [0, 0.1) is 5.92 Å². The standard InChI is InChI=1S/C13H18N2O2/c1-2-10-5-4-8-15(9-10)11-6-3-7-14-12(11)13(16)17/h3,6-7,10H,2,4-5,8-9H2,1H3,(H,16,17). The molecule has 0 spiro atoms. The van der Waals surface area contributed by atoms with Gasteiger partial charge in [-0.15, -0.1) is 0 Å². The molecule has 0 bridgehead atoms. The summed E-state index contributed by atoms with van der Waals surface area (Å²) in [5.74, 6) is -0.273. The first-order valence-corrected chi connectivity index (χ1v) is 6.15. The Bertz CT molecular complexity index is 406. The number of piperidine rings is 1. The summed E-state index contributed by atoms with van der Waals surface area (Å²) in [7, 11) is 0. The lowest BCUT2D eigenvalue weighted by Crippen LogP contribution is -2.36. The molecule has 4 nitrogen and oxygen atoms in total. The summed E-state index contributed by atoms with van der Waals surface area (Å²) in [6.07, 6.45) is 5.06. The second-order valence-electron chi connectivity index (χ2n) is 4.54. The molecule has 92 valence electrons. The van der Waals surface area contributed by atoms with Crippen LogP contribution in [0.5, 0.6) is 0 Å². The maximum absolute atomic E-state index is 11.1. The fraction of sp³-hybridized carbons (Fsp3) is 0.538. The average molecular weight is 234 g/mol. The van der Waals surface area contributed by atoms with E-state index in [-0.39, 0.29) is 5.69 Å². The number of aromatic carboxylic acids is 1. The van der Waals surface area contributed by atoms with Gasteiger partial charge in [0.15, 0.2) is 5.69 Å². The summed E-state index contributed by atoms with van der Waals surface area (Å²) >= 11 is 0. The van der Waals surface area contributed by atoms with Gasteiger partial charge in [-0.3, -0.25) is 0 Å². The molecule has 1 unspecified atom stereocenters. The van der Waals surface area contributed by atoms with Gasteiger partial charge in [0, 0.05) is 19.3 Å². The SMILES string of the molecule is CCC1CCCN(c2cccnc2C(=O)O)C1. The Morgan fingerprint density at radius 1 is 1.65 bits per heavy atom. The molecule has 4 heteroatoms. The molecule has 2 heterocycles. The highest BCUT2D eigenvalue weighted by molar-refractivity contribution is 5.92. The van der Waals surface area contributed by atoms with Gasteiger partial charge in [-0.1, -0.05) is 13.3 Å². The monoisotopic (exact) mass is 234 g/mol.